The van der Waals surface area contributed by atoms with Gasteiger partial charge in [0, 0.05) is 70.1 Å². The Kier molecular flexibility index (Phi) is 16.3. The molecule has 0 spiro atoms. The van der Waals surface area contributed by atoms with Gasteiger partial charge in [0.15, 0.2) is 5.52 Å². The molecule has 0 fully saturated rings. The summed E-state index contributed by atoms with van der Waals surface area (Å²) in [5.41, 5.74) is 4.19. The smallest absolute Gasteiger partial charge is 0.850 e. The van der Waals surface area contributed by atoms with E-state index in [1.165, 1.54) is 18.3 Å². The second-order valence-corrected chi connectivity index (χ2v) is 12.0. The number of benzene rings is 1. The van der Waals surface area contributed by atoms with E-state index >= 15 is 0 Å². The summed E-state index contributed by atoms with van der Waals surface area (Å²) in [4.78, 5) is 45.6. The molecule has 1 atom stereocenters. The molecule has 6 rings (SSSR count). The van der Waals surface area contributed by atoms with Crippen LogP contribution in [-0.4, -0.2) is 83.2 Å². The van der Waals surface area contributed by atoms with Gasteiger partial charge >= 0.3 is 44.6 Å². The largest absolute Gasteiger partial charge is 2.00 e. The number of nitro benzene ring substituents is 1. The van der Waals surface area contributed by atoms with Gasteiger partial charge in [-0.3, -0.25) is 44.6 Å². The number of nitro groups is 1. The summed E-state index contributed by atoms with van der Waals surface area (Å²) in [6.45, 7) is 2.93. The Balaban J connectivity index is 0.00000325. The van der Waals surface area contributed by atoms with Gasteiger partial charge in [-0.05, 0) is 78.0 Å². The molecule has 0 bridgehead atoms. The molecule has 0 saturated heterocycles. The summed E-state index contributed by atoms with van der Waals surface area (Å²) < 4.78 is 4.69. The van der Waals surface area contributed by atoms with Gasteiger partial charge in [-0.2, -0.15) is 0 Å². The van der Waals surface area contributed by atoms with Crippen molar-refractivity contribution in [1.82, 2.24) is 45.4 Å². The first-order valence-electron chi connectivity index (χ1n) is 16.6. The Morgan fingerprint density at radius 3 is 1.72 bits per heavy atom. The van der Waals surface area contributed by atoms with Crippen LogP contribution in [-0.2, 0) is 65.1 Å². The number of carbonyl (C=O) groups is 1. The van der Waals surface area contributed by atoms with Crippen LogP contribution >= 0.6 is 0 Å². The zero-order chi connectivity index (χ0) is 36.1. The van der Waals surface area contributed by atoms with Crippen LogP contribution in [0.4, 0.5) is 11.4 Å². The standard InChI is InChI=1S/C36H36N11O5.2Zn/c48-31(24-45(20-27-7-1-4-14-37-27)21-28-8-2-5-15-38-28)25-46(22-29-9-3-6-16-39-29)23-30-11-10-26(19-42-30)36(49)41-18-17-40-32-12-13-33(47(50)51)35-34(32)43-52-44-35;;/h1-16,19,31,40H,17-18,20-25H2,(H,41,49);;/q-1;2*+2. The molecule has 5 aromatic heterocycles. The van der Waals surface area contributed by atoms with E-state index < -0.39 is 11.0 Å². The summed E-state index contributed by atoms with van der Waals surface area (Å²) in [6.07, 6.45) is 5.76. The number of amides is 1. The van der Waals surface area contributed by atoms with Crippen molar-refractivity contribution in [1.29, 1.82) is 0 Å². The second kappa shape index (κ2) is 21.0. The fourth-order valence-electron chi connectivity index (χ4n) is 5.67. The third-order valence-corrected chi connectivity index (χ3v) is 8.05. The van der Waals surface area contributed by atoms with Gasteiger partial charge in [-0.25, -0.2) is 4.63 Å². The average molecular weight is 834 g/mol. The number of hydrogen-bond donors (Lipinski definition) is 2. The predicted molar refractivity (Wildman–Crippen MR) is 188 cm³/mol. The maximum atomic E-state index is 13.7. The number of aromatic nitrogens is 6. The number of rotatable bonds is 18. The van der Waals surface area contributed by atoms with E-state index in [9.17, 15) is 20.0 Å². The first kappa shape index (κ1) is 41.8. The fourth-order valence-corrected chi connectivity index (χ4v) is 5.67. The molecule has 2 N–H and O–H groups in total. The van der Waals surface area contributed by atoms with Crippen molar-refractivity contribution in [3.05, 3.63) is 142 Å². The monoisotopic (exact) mass is 830 g/mol. The Hall–Kier alpha value is -4.98. The molecule has 18 heteroatoms. The van der Waals surface area contributed by atoms with E-state index in [4.69, 9.17) is 0 Å². The zero-order valence-corrected chi connectivity index (χ0v) is 35.5. The van der Waals surface area contributed by atoms with Crippen LogP contribution in [0.2, 0.25) is 0 Å². The molecule has 0 aliphatic rings. The van der Waals surface area contributed by atoms with Gasteiger partial charge in [0.25, 0.3) is 5.91 Å². The summed E-state index contributed by atoms with van der Waals surface area (Å²) in [5.74, 6) is -0.316. The van der Waals surface area contributed by atoms with Gasteiger partial charge in [-0.1, -0.05) is 18.2 Å². The van der Waals surface area contributed by atoms with E-state index in [0.29, 0.717) is 49.7 Å². The summed E-state index contributed by atoms with van der Waals surface area (Å²) in [5, 5.41) is 38.2. The van der Waals surface area contributed by atoms with Crippen molar-refractivity contribution < 1.29 is 58.4 Å². The first-order chi connectivity index (χ1) is 25.4. The number of carbonyl (C=O) groups excluding carboxylic acids is 1. The van der Waals surface area contributed by atoms with E-state index in [2.05, 4.69) is 50.4 Å². The predicted octanol–water partition coefficient (Wildman–Crippen LogP) is 2.98. The van der Waals surface area contributed by atoms with E-state index in [1.54, 1.807) is 30.7 Å². The van der Waals surface area contributed by atoms with E-state index in [1.807, 2.05) is 59.5 Å². The molecule has 1 unspecified atom stereocenters. The Morgan fingerprint density at radius 2 is 1.24 bits per heavy atom. The molecule has 5 heterocycles. The third kappa shape index (κ3) is 12.0. The number of pyridine rings is 4. The van der Waals surface area contributed by atoms with Crippen LogP contribution < -0.4 is 15.7 Å². The molecule has 266 valence electrons. The molecule has 1 aromatic carbocycles. The normalized spacial score (nSPS) is 11.5. The molecule has 16 nitrogen and oxygen atoms in total. The number of fused-ring (bicyclic) bond motifs is 1. The Morgan fingerprint density at radius 1 is 0.704 bits per heavy atom. The van der Waals surface area contributed by atoms with Crippen molar-refractivity contribution in [3.63, 3.8) is 0 Å². The van der Waals surface area contributed by atoms with Crippen molar-refractivity contribution in [2.45, 2.75) is 32.3 Å². The third-order valence-electron chi connectivity index (χ3n) is 8.05. The van der Waals surface area contributed by atoms with Gasteiger partial charge in [0.1, 0.15) is 0 Å². The summed E-state index contributed by atoms with van der Waals surface area (Å²) >= 11 is 0. The molecule has 0 radical (unpaired) electrons. The van der Waals surface area contributed by atoms with Crippen LogP contribution in [0.3, 0.4) is 0 Å². The van der Waals surface area contributed by atoms with Gasteiger partial charge < -0.3 is 15.7 Å². The second-order valence-electron chi connectivity index (χ2n) is 12.0. The number of hydrogen-bond acceptors (Lipinski definition) is 14. The minimum absolute atomic E-state index is 0. The number of nitrogens with zero attached hydrogens (tertiary/aromatic N) is 9. The topological polar surface area (TPSA) is 204 Å². The van der Waals surface area contributed by atoms with Crippen LogP contribution in [0.15, 0.2) is 108 Å². The van der Waals surface area contributed by atoms with Gasteiger partial charge in [-0.15, -0.1) is 6.10 Å². The molecule has 54 heavy (non-hydrogen) atoms. The maximum Gasteiger partial charge on any atom is 2.00 e. The van der Waals surface area contributed by atoms with Crippen LogP contribution in [0.1, 0.15) is 33.1 Å². The minimum atomic E-state index is -0.961. The number of non-ortho nitro benzene ring substituents is 1. The molecule has 0 aliphatic heterocycles. The van der Waals surface area contributed by atoms with Crippen LogP contribution in [0, 0.1) is 10.1 Å². The van der Waals surface area contributed by atoms with Crippen LogP contribution in [0.25, 0.3) is 11.0 Å². The van der Waals surface area contributed by atoms with Crippen molar-refractivity contribution in [2.75, 3.05) is 31.5 Å². The SMILES string of the molecule is O=C(NCCNc1ccc([N+](=O)[O-])c2nonc12)c1ccc(CN(Cc2ccccn2)CC([O-])CN(Cc2ccccn2)Cc2ccccn2)nc1.[Zn+2].[Zn+2]. The fraction of sp³-hybridized carbons (Fsp3) is 0.250. The molecular weight excluding hydrogens is 797 g/mol. The van der Waals surface area contributed by atoms with E-state index in [-0.39, 0.29) is 81.2 Å². The minimum Gasteiger partial charge on any atom is -0.850 e. The van der Waals surface area contributed by atoms with Crippen molar-refractivity contribution >= 4 is 28.3 Å². The van der Waals surface area contributed by atoms with Crippen LogP contribution in [0.5, 0.6) is 0 Å². The quantitative estimate of drug-likeness (QED) is 0.0554. The average Bonchev–Trinajstić information content (AvgIpc) is 3.65. The summed E-state index contributed by atoms with van der Waals surface area (Å²) in [6, 6.07) is 23.5. The van der Waals surface area contributed by atoms with Crippen molar-refractivity contribution in [2.24, 2.45) is 0 Å². The maximum absolute atomic E-state index is 13.7. The molecule has 0 saturated carbocycles. The van der Waals surface area contributed by atoms with Gasteiger partial charge in [0.2, 0.25) is 5.52 Å². The molecule has 1 amide bonds. The number of anilines is 1. The van der Waals surface area contributed by atoms with E-state index in [0.717, 1.165) is 17.1 Å². The summed E-state index contributed by atoms with van der Waals surface area (Å²) in [7, 11) is 0. The first-order valence-corrected chi connectivity index (χ1v) is 16.6. The molecule has 6 aromatic rings. The Labute approximate surface area is 336 Å². The number of nitrogens with one attached hydrogen (secondary N) is 2. The van der Waals surface area contributed by atoms with Crippen molar-refractivity contribution in [3.8, 4) is 0 Å². The molecular formula is C36H36N11O5Zn2+3. The van der Waals surface area contributed by atoms with Gasteiger partial charge in [0.05, 0.1) is 38.9 Å². The molecule has 0 aliphatic carbocycles. The Bertz CT molecular complexity index is 2010. The zero-order valence-electron chi connectivity index (χ0n) is 29.5.